The van der Waals surface area contributed by atoms with Crippen LogP contribution in [0, 0.1) is 0 Å². The van der Waals surface area contributed by atoms with Gasteiger partial charge in [-0.15, -0.1) is 0 Å². The van der Waals surface area contributed by atoms with Crippen molar-refractivity contribution in [2.45, 2.75) is 103 Å². The second kappa shape index (κ2) is 25.9. The predicted molar refractivity (Wildman–Crippen MR) is 134 cm³/mol. The van der Waals surface area contributed by atoms with E-state index in [0.29, 0.717) is 32.7 Å². The summed E-state index contributed by atoms with van der Waals surface area (Å²) in [6.07, 6.45) is 18.5. The number of Topliss-reactive ketones (excluding diaryl/α,β-unsaturated/α-hetero) is 1. The van der Waals surface area contributed by atoms with Crippen LogP contribution in [0.25, 0.3) is 0 Å². The summed E-state index contributed by atoms with van der Waals surface area (Å²) in [7, 11) is 1.38. The van der Waals surface area contributed by atoms with Gasteiger partial charge in [0.25, 0.3) is 0 Å². The standard InChI is InChI=1S/C27H48O7/c1-3-4-5-6-7-8-9-10-17-22-34-27(30)19-14-12-16-21-33-24-25(28)23-32-20-15-11-13-18-26(29)31-2/h10,17H,3-9,11-16,18-24H2,1-2H3. The third kappa shape index (κ3) is 24.9. The summed E-state index contributed by atoms with van der Waals surface area (Å²) in [5.74, 6) is -0.444. The fraction of sp³-hybridized carbons (Fsp3) is 0.815. The van der Waals surface area contributed by atoms with Crippen LogP contribution in [0.1, 0.15) is 103 Å². The van der Waals surface area contributed by atoms with Crippen molar-refractivity contribution in [1.29, 1.82) is 0 Å². The van der Waals surface area contributed by atoms with E-state index >= 15 is 0 Å². The van der Waals surface area contributed by atoms with Gasteiger partial charge in [0.05, 0.1) is 7.11 Å². The van der Waals surface area contributed by atoms with Gasteiger partial charge in [0, 0.05) is 26.1 Å². The molecule has 0 spiro atoms. The Morgan fingerprint density at radius 3 is 1.82 bits per heavy atom. The Morgan fingerprint density at radius 2 is 1.21 bits per heavy atom. The molecular weight excluding hydrogens is 436 g/mol. The van der Waals surface area contributed by atoms with Crippen molar-refractivity contribution in [3.05, 3.63) is 12.2 Å². The first-order valence-corrected chi connectivity index (χ1v) is 13.1. The molecule has 0 aromatic rings. The number of ketones is 1. The zero-order chi connectivity index (χ0) is 25.1. The number of hydrogen-bond donors (Lipinski definition) is 0. The second-order valence-electron chi connectivity index (χ2n) is 8.55. The normalized spacial score (nSPS) is 11.1. The van der Waals surface area contributed by atoms with E-state index in [4.69, 9.17) is 14.2 Å². The number of unbranched alkanes of at least 4 members (excludes halogenated alkanes) is 10. The molecule has 0 aliphatic rings. The van der Waals surface area contributed by atoms with E-state index in [0.717, 1.165) is 44.9 Å². The minimum Gasteiger partial charge on any atom is -0.469 e. The molecule has 198 valence electrons. The van der Waals surface area contributed by atoms with Crippen LogP contribution in [-0.2, 0) is 33.3 Å². The van der Waals surface area contributed by atoms with Crippen LogP contribution in [0.4, 0.5) is 0 Å². The van der Waals surface area contributed by atoms with Gasteiger partial charge < -0.3 is 18.9 Å². The molecular formula is C27H48O7. The highest BCUT2D eigenvalue weighted by Crippen LogP contribution is 2.07. The van der Waals surface area contributed by atoms with Gasteiger partial charge in [0.1, 0.15) is 19.8 Å². The third-order valence-electron chi connectivity index (χ3n) is 5.32. The average Bonchev–Trinajstić information content (AvgIpc) is 2.83. The smallest absolute Gasteiger partial charge is 0.306 e. The molecule has 0 unspecified atom stereocenters. The number of methoxy groups -OCH3 is 1. The molecule has 0 saturated heterocycles. The fourth-order valence-electron chi connectivity index (χ4n) is 3.26. The fourth-order valence-corrected chi connectivity index (χ4v) is 3.26. The quantitative estimate of drug-likeness (QED) is 0.0928. The van der Waals surface area contributed by atoms with Gasteiger partial charge in [-0.2, -0.15) is 0 Å². The largest absolute Gasteiger partial charge is 0.469 e. The molecule has 0 aromatic heterocycles. The average molecular weight is 485 g/mol. The Kier molecular flexibility index (Phi) is 24.6. The van der Waals surface area contributed by atoms with Crippen LogP contribution in [0.15, 0.2) is 12.2 Å². The Morgan fingerprint density at radius 1 is 0.647 bits per heavy atom. The lowest BCUT2D eigenvalue weighted by atomic mass is 10.1. The summed E-state index contributed by atoms with van der Waals surface area (Å²) >= 11 is 0. The molecule has 0 aromatic carbocycles. The van der Waals surface area contributed by atoms with Crippen LogP contribution < -0.4 is 0 Å². The molecule has 0 bridgehead atoms. The summed E-state index contributed by atoms with van der Waals surface area (Å²) in [6, 6.07) is 0. The van der Waals surface area contributed by atoms with Gasteiger partial charge in [-0.25, -0.2) is 0 Å². The Balaban J connectivity index is 3.36. The van der Waals surface area contributed by atoms with Crippen LogP contribution in [0.3, 0.4) is 0 Å². The highest BCUT2D eigenvalue weighted by Gasteiger charge is 2.04. The summed E-state index contributed by atoms with van der Waals surface area (Å²) in [5.41, 5.74) is 0. The Hall–Kier alpha value is -1.73. The van der Waals surface area contributed by atoms with Crippen molar-refractivity contribution >= 4 is 17.7 Å². The molecule has 0 saturated carbocycles. The number of hydrogen-bond acceptors (Lipinski definition) is 7. The molecule has 0 fully saturated rings. The first-order valence-electron chi connectivity index (χ1n) is 13.1. The summed E-state index contributed by atoms with van der Waals surface area (Å²) in [6.45, 7) is 3.68. The number of esters is 2. The minimum absolute atomic E-state index is 0.0510. The number of rotatable bonds is 25. The lowest BCUT2D eigenvalue weighted by Gasteiger charge is -2.06. The van der Waals surface area contributed by atoms with Gasteiger partial charge in [-0.1, -0.05) is 64.0 Å². The first kappa shape index (κ1) is 32.3. The maximum atomic E-state index is 11.7. The maximum Gasteiger partial charge on any atom is 0.306 e. The molecule has 34 heavy (non-hydrogen) atoms. The van der Waals surface area contributed by atoms with Gasteiger partial charge in [0.15, 0.2) is 5.78 Å². The zero-order valence-electron chi connectivity index (χ0n) is 21.7. The van der Waals surface area contributed by atoms with Gasteiger partial charge in [0.2, 0.25) is 0 Å². The van der Waals surface area contributed by atoms with E-state index in [1.54, 1.807) is 0 Å². The van der Waals surface area contributed by atoms with Crippen molar-refractivity contribution in [2.24, 2.45) is 0 Å². The lowest BCUT2D eigenvalue weighted by Crippen LogP contribution is -2.16. The lowest BCUT2D eigenvalue weighted by molar-refractivity contribution is -0.142. The molecule has 0 rings (SSSR count). The van der Waals surface area contributed by atoms with E-state index in [-0.39, 0.29) is 30.9 Å². The molecule has 0 N–H and O–H groups in total. The summed E-state index contributed by atoms with van der Waals surface area (Å²) in [4.78, 5) is 34.4. The van der Waals surface area contributed by atoms with Crippen molar-refractivity contribution in [1.82, 2.24) is 0 Å². The van der Waals surface area contributed by atoms with Crippen LogP contribution in [0.5, 0.6) is 0 Å². The SMILES string of the molecule is CCCCCCCCC=CCOC(=O)CCCCCOCC(=O)COCCCCCC(=O)OC. The molecule has 7 nitrogen and oxygen atoms in total. The number of allylic oxidation sites excluding steroid dienone is 1. The van der Waals surface area contributed by atoms with Gasteiger partial charge in [-0.05, 0) is 38.5 Å². The second-order valence-corrected chi connectivity index (χ2v) is 8.55. The van der Waals surface area contributed by atoms with Crippen LogP contribution in [0.2, 0.25) is 0 Å². The van der Waals surface area contributed by atoms with Gasteiger partial charge in [-0.3, -0.25) is 14.4 Å². The molecule has 0 heterocycles. The van der Waals surface area contributed by atoms with E-state index in [9.17, 15) is 14.4 Å². The predicted octanol–water partition coefficient (Wildman–Crippen LogP) is 5.73. The molecule has 0 radical (unpaired) electrons. The van der Waals surface area contributed by atoms with Gasteiger partial charge >= 0.3 is 11.9 Å². The summed E-state index contributed by atoms with van der Waals surface area (Å²) < 4.78 is 20.5. The number of carbonyl (C=O) groups is 3. The maximum absolute atomic E-state index is 11.7. The van der Waals surface area contributed by atoms with E-state index in [1.165, 1.54) is 45.6 Å². The minimum atomic E-state index is -0.199. The van der Waals surface area contributed by atoms with Crippen LogP contribution >= 0.6 is 0 Å². The molecule has 7 heteroatoms. The van der Waals surface area contributed by atoms with E-state index < -0.39 is 0 Å². The van der Waals surface area contributed by atoms with Crippen molar-refractivity contribution in [3.63, 3.8) is 0 Å². The van der Waals surface area contributed by atoms with Crippen molar-refractivity contribution in [2.75, 3.05) is 40.1 Å². The van der Waals surface area contributed by atoms with Crippen molar-refractivity contribution in [3.8, 4) is 0 Å². The first-order chi connectivity index (χ1) is 16.6. The van der Waals surface area contributed by atoms with Crippen molar-refractivity contribution < 1.29 is 33.3 Å². The topological polar surface area (TPSA) is 88.1 Å². The number of ether oxygens (including phenoxy) is 4. The zero-order valence-corrected chi connectivity index (χ0v) is 21.7. The van der Waals surface area contributed by atoms with E-state index in [1.807, 2.05) is 6.08 Å². The van der Waals surface area contributed by atoms with Crippen LogP contribution in [-0.4, -0.2) is 57.9 Å². The monoisotopic (exact) mass is 484 g/mol. The highest BCUT2D eigenvalue weighted by atomic mass is 16.5. The molecule has 0 aliphatic heterocycles. The molecule has 0 aliphatic carbocycles. The number of carbonyl (C=O) groups excluding carboxylic acids is 3. The summed E-state index contributed by atoms with van der Waals surface area (Å²) in [5, 5.41) is 0. The third-order valence-corrected chi connectivity index (χ3v) is 5.32. The molecule has 0 amide bonds. The highest BCUT2D eigenvalue weighted by molar-refractivity contribution is 5.80. The molecule has 0 atom stereocenters. The Bertz CT molecular complexity index is 531. The Labute approximate surface area is 206 Å². The van der Waals surface area contributed by atoms with E-state index in [2.05, 4.69) is 17.7 Å².